The molecular formula is C26H21N7O. The minimum Gasteiger partial charge on any atom is -0.497 e. The molecule has 34 heavy (non-hydrogen) atoms. The molecule has 0 atom stereocenters. The molecule has 0 spiro atoms. The summed E-state index contributed by atoms with van der Waals surface area (Å²) in [4.78, 5) is 18.7. The van der Waals surface area contributed by atoms with E-state index in [0.717, 1.165) is 39.3 Å². The number of imidazole rings is 1. The Bertz CT molecular complexity index is 1580. The zero-order valence-electron chi connectivity index (χ0n) is 19.0. The van der Waals surface area contributed by atoms with Crippen molar-refractivity contribution in [1.82, 2.24) is 34.1 Å². The standard InChI is InChI=1S/C26H21N7O/c1-16-23(18-14-17(34-3)10-11-22(18)32(16)2)21-15-33-26(29-21)30-24(19-8-4-6-12-27-19)25(31-33)20-9-5-7-13-28-20/h4-15H,1-3H3. The number of benzene rings is 1. The Labute approximate surface area is 195 Å². The minimum absolute atomic E-state index is 0.495. The summed E-state index contributed by atoms with van der Waals surface area (Å²) in [6, 6.07) is 17.5. The molecule has 0 radical (unpaired) electrons. The number of fused-ring (bicyclic) bond motifs is 2. The van der Waals surface area contributed by atoms with Crippen LogP contribution in [0.5, 0.6) is 5.75 Å². The average molecular weight is 448 g/mol. The second kappa shape index (κ2) is 7.77. The molecule has 8 heteroatoms. The molecule has 0 N–H and O–H groups in total. The Morgan fingerprint density at radius 2 is 1.56 bits per heavy atom. The number of hydrogen-bond donors (Lipinski definition) is 0. The fourth-order valence-electron chi connectivity index (χ4n) is 4.30. The second-order valence-corrected chi connectivity index (χ2v) is 8.01. The lowest BCUT2D eigenvalue weighted by molar-refractivity contribution is 0.415. The van der Waals surface area contributed by atoms with Crippen molar-refractivity contribution in [3.63, 3.8) is 0 Å². The molecular weight excluding hydrogens is 426 g/mol. The van der Waals surface area contributed by atoms with Crippen molar-refractivity contribution in [3.8, 4) is 39.8 Å². The van der Waals surface area contributed by atoms with Gasteiger partial charge in [0.1, 0.15) is 17.1 Å². The van der Waals surface area contributed by atoms with Gasteiger partial charge in [-0.2, -0.15) is 5.10 Å². The molecule has 5 heterocycles. The van der Waals surface area contributed by atoms with Crippen LogP contribution in [-0.4, -0.2) is 41.2 Å². The molecule has 0 fully saturated rings. The van der Waals surface area contributed by atoms with Crippen LogP contribution in [0.15, 0.2) is 73.2 Å². The van der Waals surface area contributed by atoms with Crippen LogP contribution in [0.3, 0.4) is 0 Å². The van der Waals surface area contributed by atoms with Crippen molar-refractivity contribution in [2.24, 2.45) is 7.05 Å². The summed E-state index contributed by atoms with van der Waals surface area (Å²) in [5.74, 6) is 1.30. The monoisotopic (exact) mass is 447 g/mol. The average Bonchev–Trinajstić information content (AvgIpc) is 3.41. The first-order valence-corrected chi connectivity index (χ1v) is 10.9. The van der Waals surface area contributed by atoms with Gasteiger partial charge in [-0.15, -0.1) is 0 Å². The smallest absolute Gasteiger partial charge is 0.251 e. The van der Waals surface area contributed by atoms with Crippen LogP contribution in [0.2, 0.25) is 0 Å². The summed E-state index contributed by atoms with van der Waals surface area (Å²) in [5.41, 5.74) is 6.75. The maximum absolute atomic E-state index is 5.48. The zero-order valence-corrected chi connectivity index (χ0v) is 19.0. The molecule has 0 bridgehead atoms. The molecule has 0 aliphatic carbocycles. The Kier molecular flexibility index (Phi) is 4.58. The maximum Gasteiger partial charge on any atom is 0.251 e. The van der Waals surface area contributed by atoms with Crippen LogP contribution in [0.1, 0.15) is 5.69 Å². The van der Waals surface area contributed by atoms with Gasteiger partial charge < -0.3 is 9.30 Å². The molecule has 0 aliphatic heterocycles. The highest BCUT2D eigenvalue weighted by Gasteiger charge is 2.20. The van der Waals surface area contributed by atoms with E-state index in [1.807, 2.05) is 54.7 Å². The molecule has 6 rings (SSSR count). The van der Waals surface area contributed by atoms with Gasteiger partial charge in [-0.25, -0.2) is 14.5 Å². The molecule has 0 saturated heterocycles. The van der Waals surface area contributed by atoms with Gasteiger partial charge in [-0.3, -0.25) is 9.97 Å². The van der Waals surface area contributed by atoms with E-state index in [9.17, 15) is 0 Å². The number of rotatable bonds is 4. The number of nitrogens with zero attached hydrogens (tertiary/aromatic N) is 7. The SMILES string of the molecule is COc1ccc2c(c1)c(-c1cn3nc(-c4ccccn4)c(-c4ccccn4)nc3n1)c(C)n2C. The van der Waals surface area contributed by atoms with Gasteiger partial charge >= 0.3 is 0 Å². The van der Waals surface area contributed by atoms with Gasteiger partial charge in [0.15, 0.2) is 0 Å². The van der Waals surface area contributed by atoms with Crippen LogP contribution < -0.4 is 4.74 Å². The topological polar surface area (TPSA) is 83.0 Å². The molecule has 166 valence electrons. The Hall–Kier alpha value is -4.59. The van der Waals surface area contributed by atoms with Crippen molar-refractivity contribution in [3.05, 3.63) is 78.9 Å². The van der Waals surface area contributed by atoms with Crippen LogP contribution >= 0.6 is 0 Å². The van der Waals surface area contributed by atoms with Gasteiger partial charge in [0.2, 0.25) is 0 Å². The van der Waals surface area contributed by atoms with E-state index >= 15 is 0 Å². The fourth-order valence-corrected chi connectivity index (χ4v) is 4.30. The lowest BCUT2D eigenvalue weighted by Gasteiger charge is -2.07. The number of methoxy groups -OCH3 is 1. The molecule has 0 amide bonds. The van der Waals surface area contributed by atoms with E-state index in [2.05, 4.69) is 34.6 Å². The number of ether oxygens (including phenoxy) is 1. The van der Waals surface area contributed by atoms with E-state index in [-0.39, 0.29) is 0 Å². The second-order valence-electron chi connectivity index (χ2n) is 8.01. The van der Waals surface area contributed by atoms with Gasteiger partial charge in [0.05, 0.1) is 30.4 Å². The van der Waals surface area contributed by atoms with E-state index in [1.165, 1.54) is 0 Å². The number of pyridine rings is 2. The van der Waals surface area contributed by atoms with Gasteiger partial charge in [-0.1, -0.05) is 12.1 Å². The zero-order chi connectivity index (χ0) is 23.2. The third-order valence-corrected chi connectivity index (χ3v) is 6.08. The van der Waals surface area contributed by atoms with Crippen LogP contribution in [-0.2, 0) is 7.05 Å². The van der Waals surface area contributed by atoms with Crippen molar-refractivity contribution in [1.29, 1.82) is 0 Å². The third kappa shape index (κ3) is 3.11. The van der Waals surface area contributed by atoms with E-state index < -0.39 is 0 Å². The summed E-state index contributed by atoms with van der Waals surface area (Å²) >= 11 is 0. The Balaban J connectivity index is 1.61. The van der Waals surface area contributed by atoms with Crippen molar-refractivity contribution in [2.45, 2.75) is 6.92 Å². The largest absolute Gasteiger partial charge is 0.497 e. The summed E-state index contributed by atoms with van der Waals surface area (Å²) in [6.07, 6.45) is 5.40. The summed E-state index contributed by atoms with van der Waals surface area (Å²) in [5, 5.41) is 5.94. The minimum atomic E-state index is 0.495. The highest BCUT2D eigenvalue weighted by atomic mass is 16.5. The molecule has 0 saturated carbocycles. The summed E-state index contributed by atoms with van der Waals surface area (Å²) < 4.78 is 9.35. The van der Waals surface area contributed by atoms with Gasteiger partial charge in [0.25, 0.3) is 5.78 Å². The van der Waals surface area contributed by atoms with Crippen molar-refractivity contribution in [2.75, 3.05) is 7.11 Å². The van der Waals surface area contributed by atoms with Crippen molar-refractivity contribution < 1.29 is 4.74 Å². The first-order valence-electron chi connectivity index (χ1n) is 10.9. The molecule has 5 aromatic heterocycles. The van der Waals surface area contributed by atoms with E-state index in [4.69, 9.17) is 19.8 Å². The molecule has 0 aliphatic rings. The predicted octanol–water partition coefficient (Wildman–Crippen LogP) is 4.72. The highest BCUT2D eigenvalue weighted by Crippen LogP contribution is 2.36. The summed E-state index contributed by atoms with van der Waals surface area (Å²) in [6.45, 7) is 2.09. The van der Waals surface area contributed by atoms with Crippen LogP contribution in [0.25, 0.3) is 50.7 Å². The van der Waals surface area contributed by atoms with E-state index in [1.54, 1.807) is 24.0 Å². The fraction of sp³-hybridized carbons (Fsp3) is 0.115. The first kappa shape index (κ1) is 20.0. The van der Waals surface area contributed by atoms with Gasteiger partial charge in [-0.05, 0) is 49.4 Å². The van der Waals surface area contributed by atoms with Crippen molar-refractivity contribution >= 4 is 16.7 Å². The highest BCUT2D eigenvalue weighted by molar-refractivity contribution is 5.98. The summed E-state index contributed by atoms with van der Waals surface area (Å²) in [7, 11) is 3.73. The lowest BCUT2D eigenvalue weighted by atomic mass is 10.1. The maximum atomic E-state index is 5.48. The molecule has 0 unspecified atom stereocenters. The molecule has 6 aromatic rings. The van der Waals surface area contributed by atoms with Crippen LogP contribution in [0, 0.1) is 6.92 Å². The quantitative estimate of drug-likeness (QED) is 0.389. The third-order valence-electron chi connectivity index (χ3n) is 6.08. The Morgan fingerprint density at radius 1 is 0.824 bits per heavy atom. The van der Waals surface area contributed by atoms with E-state index in [0.29, 0.717) is 22.9 Å². The number of hydrogen-bond acceptors (Lipinski definition) is 6. The number of aryl methyl sites for hydroxylation is 1. The molecule has 1 aromatic carbocycles. The number of aromatic nitrogens is 7. The first-order chi connectivity index (χ1) is 16.6. The van der Waals surface area contributed by atoms with Gasteiger partial charge in [0, 0.05) is 41.6 Å². The predicted molar refractivity (Wildman–Crippen MR) is 130 cm³/mol. The lowest BCUT2D eigenvalue weighted by Crippen LogP contribution is -2.02. The van der Waals surface area contributed by atoms with Crippen LogP contribution in [0.4, 0.5) is 0 Å². The Morgan fingerprint density at radius 3 is 2.24 bits per heavy atom. The molecule has 8 nitrogen and oxygen atoms in total. The normalized spacial score (nSPS) is 11.4.